The van der Waals surface area contributed by atoms with Crippen LogP contribution in [0.25, 0.3) is 10.8 Å². The van der Waals surface area contributed by atoms with E-state index >= 15 is 0 Å². The van der Waals surface area contributed by atoms with Gasteiger partial charge in [-0.25, -0.2) is 0 Å². The first-order valence-electron chi connectivity index (χ1n) is 15.7. The fourth-order valence-electron chi connectivity index (χ4n) is 7.02. The highest BCUT2D eigenvalue weighted by atomic mass is 35.5. The topological polar surface area (TPSA) is 111 Å². The van der Waals surface area contributed by atoms with Crippen LogP contribution in [0.15, 0.2) is 36.4 Å². The molecule has 44 heavy (non-hydrogen) atoms. The van der Waals surface area contributed by atoms with Gasteiger partial charge in [-0.15, -0.1) is 0 Å². The van der Waals surface area contributed by atoms with Gasteiger partial charge >= 0.3 is 6.01 Å². The molecule has 1 N–H and O–H groups in total. The summed E-state index contributed by atoms with van der Waals surface area (Å²) >= 11 is 6.72. The number of hydrogen-bond acceptors (Lipinski definition) is 9. The van der Waals surface area contributed by atoms with Crippen molar-refractivity contribution >= 4 is 39.8 Å². The standard InChI is InChI=1S/C33H39ClN8O2/c1-33(21-36-33)31(43)42-17-16-41(18-23(42)11-13-35)30-25-12-15-40(28-10-4-7-22-6-3-9-26(34)29(22)28)19-27(25)37-32(38-30)44-20-24-8-5-14-39(24)2/h3-4,6-7,9-10,23-24,36H,5,8,11-12,14-21H2,1-2H3/t23-,24-,33-/m0/s1. The van der Waals surface area contributed by atoms with E-state index in [-0.39, 0.29) is 18.4 Å². The molecule has 230 valence electrons. The zero-order valence-electron chi connectivity index (χ0n) is 25.4. The lowest BCUT2D eigenvalue weighted by Gasteiger charge is -2.43. The van der Waals surface area contributed by atoms with E-state index in [4.69, 9.17) is 26.3 Å². The Morgan fingerprint density at radius 2 is 1.95 bits per heavy atom. The van der Waals surface area contributed by atoms with Crippen molar-refractivity contribution in [3.8, 4) is 12.1 Å². The molecule has 0 spiro atoms. The molecule has 0 bridgehead atoms. The third-order valence-corrected chi connectivity index (χ3v) is 10.1. The fourth-order valence-corrected chi connectivity index (χ4v) is 7.30. The van der Waals surface area contributed by atoms with Gasteiger partial charge in [-0.3, -0.25) is 4.79 Å². The van der Waals surface area contributed by atoms with Crippen LogP contribution in [0, 0.1) is 11.3 Å². The number of nitrogens with zero attached hydrogens (tertiary/aromatic N) is 7. The van der Waals surface area contributed by atoms with Gasteiger partial charge in [0.15, 0.2) is 0 Å². The van der Waals surface area contributed by atoms with Gasteiger partial charge in [0.25, 0.3) is 0 Å². The van der Waals surface area contributed by atoms with Crippen molar-refractivity contribution in [3.63, 3.8) is 0 Å². The van der Waals surface area contributed by atoms with Crippen molar-refractivity contribution in [3.05, 3.63) is 52.7 Å². The lowest BCUT2D eigenvalue weighted by Crippen LogP contribution is -2.58. The number of rotatable bonds is 7. The number of likely N-dealkylation sites (tertiary alicyclic amines) is 1. The molecule has 3 fully saturated rings. The third-order valence-electron chi connectivity index (χ3n) is 9.82. The van der Waals surface area contributed by atoms with Crippen molar-refractivity contribution in [1.29, 1.82) is 5.26 Å². The maximum absolute atomic E-state index is 13.3. The molecule has 1 aromatic heterocycles. The maximum Gasteiger partial charge on any atom is 0.318 e. The number of fused-ring (bicyclic) bond motifs is 2. The number of anilines is 2. The van der Waals surface area contributed by atoms with E-state index in [2.05, 4.69) is 57.4 Å². The molecule has 0 unspecified atom stereocenters. The van der Waals surface area contributed by atoms with Crippen LogP contribution < -0.4 is 19.9 Å². The van der Waals surface area contributed by atoms with E-state index in [9.17, 15) is 10.1 Å². The van der Waals surface area contributed by atoms with E-state index in [1.807, 2.05) is 24.0 Å². The number of aromatic nitrogens is 2. The quantitative estimate of drug-likeness (QED) is 0.399. The Balaban J connectivity index is 1.21. The van der Waals surface area contributed by atoms with Crippen LogP contribution in [0.2, 0.25) is 5.02 Å². The molecule has 3 atom stereocenters. The average molecular weight is 615 g/mol. The van der Waals surface area contributed by atoms with Crippen molar-refractivity contribution < 1.29 is 9.53 Å². The number of piperazine rings is 1. The van der Waals surface area contributed by atoms with E-state index in [0.717, 1.165) is 64.5 Å². The highest BCUT2D eigenvalue weighted by Gasteiger charge is 2.49. The number of halogens is 1. The molecule has 2 aromatic carbocycles. The van der Waals surface area contributed by atoms with Crippen LogP contribution in [-0.4, -0.2) is 96.2 Å². The molecule has 7 rings (SSSR count). The highest BCUT2D eigenvalue weighted by molar-refractivity contribution is 6.36. The largest absolute Gasteiger partial charge is 0.462 e. The van der Waals surface area contributed by atoms with E-state index in [1.54, 1.807) is 0 Å². The average Bonchev–Trinajstić information content (AvgIpc) is 3.66. The summed E-state index contributed by atoms with van der Waals surface area (Å²) in [5, 5.41) is 15.8. The molecule has 10 nitrogen and oxygen atoms in total. The first-order valence-corrected chi connectivity index (χ1v) is 16.1. The molecule has 3 saturated heterocycles. The van der Waals surface area contributed by atoms with Crippen molar-refractivity contribution in [2.45, 2.75) is 56.8 Å². The van der Waals surface area contributed by atoms with Crippen LogP contribution in [0.1, 0.15) is 37.4 Å². The Morgan fingerprint density at radius 3 is 2.70 bits per heavy atom. The predicted molar refractivity (Wildman–Crippen MR) is 171 cm³/mol. The Hall–Kier alpha value is -3.65. The number of nitriles is 1. The van der Waals surface area contributed by atoms with Gasteiger partial charge in [0.2, 0.25) is 5.91 Å². The molecule has 3 aromatic rings. The van der Waals surface area contributed by atoms with Crippen LogP contribution in [0.3, 0.4) is 0 Å². The molecule has 4 aliphatic rings. The molecule has 11 heteroatoms. The Bertz CT molecular complexity index is 1620. The minimum Gasteiger partial charge on any atom is -0.462 e. The summed E-state index contributed by atoms with van der Waals surface area (Å²) in [6, 6.07) is 15.2. The van der Waals surface area contributed by atoms with E-state index < -0.39 is 5.54 Å². The van der Waals surface area contributed by atoms with Gasteiger partial charge in [-0.05, 0) is 57.3 Å². The Labute approximate surface area is 263 Å². The van der Waals surface area contributed by atoms with Gasteiger partial charge in [-0.1, -0.05) is 35.9 Å². The molecule has 0 saturated carbocycles. The number of amides is 1. The molecule has 4 aliphatic heterocycles. The summed E-state index contributed by atoms with van der Waals surface area (Å²) in [5.74, 6) is 0.947. The monoisotopic (exact) mass is 614 g/mol. The lowest BCUT2D eigenvalue weighted by molar-refractivity contribution is -0.136. The van der Waals surface area contributed by atoms with Gasteiger partial charge < -0.3 is 29.7 Å². The zero-order chi connectivity index (χ0) is 30.4. The molecular formula is C33H39ClN8O2. The maximum atomic E-state index is 13.3. The number of carbonyl (C=O) groups is 1. The number of ether oxygens (including phenoxy) is 1. The Morgan fingerprint density at radius 1 is 1.14 bits per heavy atom. The third kappa shape index (κ3) is 5.42. The van der Waals surface area contributed by atoms with Crippen LogP contribution >= 0.6 is 11.6 Å². The van der Waals surface area contributed by atoms with Crippen LogP contribution in [-0.2, 0) is 17.8 Å². The van der Waals surface area contributed by atoms with Gasteiger partial charge in [0, 0.05) is 55.4 Å². The summed E-state index contributed by atoms with van der Waals surface area (Å²) in [7, 11) is 2.14. The summed E-state index contributed by atoms with van der Waals surface area (Å²) < 4.78 is 6.32. The smallest absolute Gasteiger partial charge is 0.318 e. The SMILES string of the molecule is CN1CCC[C@H]1COc1nc2c(c(N3CCN(C(=O)[C@]4(C)CN4)[C@@H](CC#N)C3)n1)CCN(c1cccc3cccc(Cl)c13)C2. The number of nitrogens with one attached hydrogen (secondary N) is 1. The summed E-state index contributed by atoms with van der Waals surface area (Å²) in [5.41, 5.74) is 2.65. The van der Waals surface area contributed by atoms with Crippen molar-refractivity contribution in [2.75, 3.05) is 62.7 Å². The minimum atomic E-state index is -0.508. The fraction of sp³-hybridized carbons (Fsp3) is 0.515. The number of carbonyl (C=O) groups excluding carboxylic acids is 1. The van der Waals surface area contributed by atoms with Gasteiger partial charge in [0.05, 0.1) is 35.8 Å². The van der Waals surface area contributed by atoms with Crippen molar-refractivity contribution in [2.24, 2.45) is 0 Å². The predicted octanol–water partition coefficient (Wildman–Crippen LogP) is 3.61. The summed E-state index contributed by atoms with van der Waals surface area (Å²) in [4.78, 5) is 32.1. The molecule has 1 amide bonds. The Kier molecular flexibility index (Phi) is 7.73. The minimum absolute atomic E-state index is 0.0798. The molecular weight excluding hydrogens is 576 g/mol. The van der Waals surface area contributed by atoms with Gasteiger partial charge in [0.1, 0.15) is 18.0 Å². The molecule has 5 heterocycles. The number of hydrogen-bond donors (Lipinski definition) is 1. The molecule has 0 radical (unpaired) electrons. The second kappa shape index (κ2) is 11.7. The summed E-state index contributed by atoms with van der Waals surface area (Å²) in [6.07, 6.45) is 3.31. The van der Waals surface area contributed by atoms with Crippen molar-refractivity contribution in [1.82, 2.24) is 25.1 Å². The van der Waals surface area contributed by atoms with Gasteiger partial charge in [-0.2, -0.15) is 15.2 Å². The number of benzene rings is 2. The summed E-state index contributed by atoms with van der Waals surface area (Å²) in [6.45, 7) is 7.38. The second-order valence-corrected chi connectivity index (χ2v) is 13.2. The molecule has 0 aliphatic carbocycles. The van der Waals surface area contributed by atoms with E-state index in [0.29, 0.717) is 51.4 Å². The number of likely N-dealkylation sites (N-methyl/N-ethyl adjacent to an activating group) is 1. The normalized spacial score (nSPS) is 25.2. The van der Waals surface area contributed by atoms with Crippen LogP contribution in [0.5, 0.6) is 6.01 Å². The van der Waals surface area contributed by atoms with E-state index in [1.165, 1.54) is 6.42 Å². The first kappa shape index (κ1) is 29.1. The van der Waals surface area contributed by atoms with Crippen LogP contribution in [0.4, 0.5) is 11.5 Å². The zero-order valence-corrected chi connectivity index (χ0v) is 26.2. The second-order valence-electron chi connectivity index (χ2n) is 12.8. The first-order chi connectivity index (χ1) is 21.3. The highest BCUT2D eigenvalue weighted by Crippen LogP contribution is 2.37. The lowest BCUT2D eigenvalue weighted by atomic mass is 10.0.